The van der Waals surface area contributed by atoms with Gasteiger partial charge in [0.15, 0.2) is 0 Å². The van der Waals surface area contributed by atoms with Gasteiger partial charge in [-0.1, -0.05) is 25.1 Å². The predicted molar refractivity (Wildman–Crippen MR) is 107 cm³/mol. The zero-order valence-corrected chi connectivity index (χ0v) is 16.1. The number of hydrogen-bond donors (Lipinski definition) is 2. The van der Waals surface area contributed by atoms with Crippen molar-refractivity contribution in [3.05, 3.63) is 73.1 Å². The molecule has 0 saturated heterocycles. The highest BCUT2D eigenvalue weighted by molar-refractivity contribution is 5.44. The van der Waals surface area contributed by atoms with Crippen LogP contribution in [0.1, 0.15) is 56.1 Å². The monoisotopic (exact) mass is 361 g/mol. The van der Waals surface area contributed by atoms with Crippen LogP contribution >= 0.6 is 0 Å². The SMILES string of the molecule is C[C@]12CC[C@@H]3c4ccc(O)cc4CC[C@H]3[C@@H]1CC[C@@]2(O)/C=C/[C]1[CH][CH][CH][CH]1. The second kappa shape index (κ2) is 6.37. The average molecular weight is 362 g/mol. The molecule has 3 saturated carbocycles. The fourth-order valence-electron chi connectivity index (χ4n) is 6.63. The van der Waals surface area contributed by atoms with E-state index in [0.717, 1.165) is 32.1 Å². The quantitative estimate of drug-likeness (QED) is 0.783. The van der Waals surface area contributed by atoms with Crippen LogP contribution in [-0.2, 0) is 6.42 Å². The maximum absolute atomic E-state index is 11.6. The topological polar surface area (TPSA) is 40.5 Å². The van der Waals surface area contributed by atoms with E-state index >= 15 is 0 Å². The Morgan fingerprint density at radius 1 is 1.07 bits per heavy atom. The molecule has 141 valence electrons. The van der Waals surface area contributed by atoms with Gasteiger partial charge in [0.1, 0.15) is 5.75 Å². The molecule has 2 nitrogen and oxygen atoms in total. The maximum Gasteiger partial charge on any atom is 0.115 e. The standard InChI is InChI=1S/C25H29O2/c1-24-13-11-21-20-9-7-19(26)16-18(20)6-8-22(21)23(24)12-15-25(24,27)14-10-17-4-2-3-5-17/h2-5,7,9-10,14,16,21-23,26-27H,6,8,11-13,15H2,1H3/b14-10+/t21-,22-,23+,24+,25+/m1/s1. The van der Waals surface area contributed by atoms with Gasteiger partial charge in [-0.15, -0.1) is 0 Å². The lowest BCUT2D eigenvalue weighted by Gasteiger charge is -2.52. The Kier molecular flexibility index (Phi) is 4.20. The minimum absolute atomic E-state index is 0.0360. The zero-order chi connectivity index (χ0) is 18.6. The second-order valence-corrected chi connectivity index (χ2v) is 9.27. The molecule has 2 heteroatoms. The molecule has 4 aliphatic rings. The minimum atomic E-state index is -0.699. The van der Waals surface area contributed by atoms with Crippen LogP contribution in [0.25, 0.3) is 0 Å². The van der Waals surface area contributed by atoms with Crippen LogP contribution in [0.15, 0.2) is 30.4 Å². The third-order valence-electron chi connectivity index (χ3n) is 8.17. The largest absolute Gasteiger partial charge is 0.508 e. The number of aliphatic hydroxyl groups is 1. The maximum atomic E-state index is 11.6. The lowest BCUT2D eigenvalue weighted by atomic mass is 9.53. The van der Waals surface area contributed by atoms with Gasteiger partial charge in [0, 0.05) is 11.3 Å². The zero-order valence-electron chi connectivity index (χ0n) is 16.1. The van der Waals surface area contributed by atoms with E-state index < -0.39 is 5.60 Å². The smallest absolute Gasteiger partial charge is 0.115 e. The van der Waals surface area contributed by atoms with E-state index in [-0.39, 0.29) is 5.41 Å². The first kappa shape index (κ1) is 17.8. The Labute approximate surface area is 163 Å². The highest BCUT2D eigenvalue weighted by Gasteiger charge is 2.60. The number of hydrogen-bond acceptors (Lipinski definition) is 2. The summed E-state index contributed by atoms with van der Waals surface area (Å²) in [5.41, 5.74) is 2.05. The number of allylic oxidation sites excluding steroid dienone is 1. The molecule has 3 fully saturated rings. The summed E-state index contributed by atoms with van der Waals surface area (Å²) in [6.07, 6.45) is 18.9. The normalized spacial score (nSPS) is 41.5. The Morgan fingerprint density at radius 3 is 2.70 bits per heavy atom. The van der Waals surface area contributed by atoms with Crippen LogP contribution in [0, 0.1) is 48.9 Å². The summed E-state index contributed by atoms with van der Waals surface area (Å²) in [6.45, 7) is 2.34. The van der Waals surface area contributed by atoms with Gasteiger partial charge in [-0.2, -0.15) is 0 Å². The molecule has 0 bridgehead atoms. The van der Waals surface area contributed by atoms with Gasteiger partial charge in [-0.3, -0.25) is 0 Å². The van der Waals surface area contributed by atoms with Crippen molar-refractivity contribution in [3.8, 4) is 5.75 Å². The molecule has 5 rings (SSSR count). The number of fused-ring (bicyclic) bond motifs is 5. The molecule has 0 aromatic heterocycles. The van der Waals surface area contributed by atoms with Gasteiger partial charge < -0.3 is 10.2 Å². The number of aryl methyl sites for hydroxylation is 1. The van der Waals surface area contributed by atoms with E-state index in [9.17, 15) is 10.2 Å². The van der Waals surface area contributed by atoms with Gasteiger partial charge >= 0.3 is 0 Å². The van der Waals surface area contributed by atoms with Crippen molar-refractivity contribution in [1.29, 1.82) is 0 Å². The molecular weight excluding hydrogens is 332 g/mol. The summed E-state index contributed by atoms with van der Waals surface area (Å²) in [6, 6.07) is 5.97. The molecular formula is C25H29O2. The van der Waals surface area contributed by atoms with Crippen LogP contribution in [-0.4, -0.2) is 15.8 Å². The highest BCUT2D eigenvalue weighted by atomic mass is 16.3. The summed E-state index contributed by atoms with van der Waals surface area (Å²) in [5, 5.41) is 21.5. The van der Waals surface area contributed by atoms with Crippen LogP contribution in [0.5, 0.6) is 5.75 Å². The van der Waals surface area contributed by atoms with Crippen LogP contribution in [0.4, 0.5) is 0 Å². The number of aromatic hydroxyl groups is 1. The summed E-state index contributed by atoms with van der Waals surface area (Å²) < 4.78 is 0. The minimum Gasteiger partial charge on any atom is -0.508 e. The molecule has 1 aromatic rings. The van der Waals surface area contributed by atoms with Crippen molar-refractivity contribution >= 4 is 0 Å². The molecule has 5 atom stereocenters. The number of benzene rings is 1. The van der Waals surface area contributed by atoms with Crippen molar-refractivity contribution in [2.24, 2.45) is 17.3 Å². The van der Waals surface area contributed by atoms with Crippen LogP contribution in [0.3, 0.4) is 0 Å². The van der Waals surface area contributed by atoms with Gasteiger partial charge in [0.25, 0.3) is 0 Å². The first-order chi connectivity index (χ1) is 13.0. The molecule has 0 amide bonds. The number of rotatable bonds is 2. The number of phenols is 1. The molecule has 0 heterocycles. The van der Waals surface area contributed by atoms with E-state index in [1.165, 1.54) is 23.5 Å². The van der Waals surface area contributed by atoms with Gasteiger partial charge in [0.05, 0.1) is 5.60 Å². The Morgan fingerprint density at radius 2 is 1.89 bits per heavy atom. The van der Waals surface area contributed by atoms with Gasteiger partial charge in [-0.05, 0) is 105 Å². The Bertz CT molecular complexity index is 747. The van der Waals surface area contributed by atoms with Crippen molar-refractivity contribution in [2.45, 2.75) is 57.0 Å². The van der Waals surface area contributed by atoms with Crippen molar-refractivity contribution < 1.29 is 10.2 Å². The predicted octanol–water partition coefficient (Wildman–Crippen LogP) is 4.94. The Hall–Kier alpha value is -1.28. The van der Waals surface area contributed by atoms with Crippen molar-refractivity contribution in [3.63, 3.8) is 0 Å². The summed E-state index contributed by atoms with van der Waals surface area (Å²) in [4.78, 5) is 0. The molecule has 0 unspecified atom stereocenters. The molecule has 4 aliphatic carbocycles. The molecule has 1 aromatic carbocycles. The fourth-order valence-corrected chi connectivity index (χ4v) is 6.63. The van der Waals surface area contributed by atoms with Crippen molar-refractivity contribution in [1.82, 2.24) is 0 Å². The lowest BCUT2D eigenvalue weighted by Crippen LogP contribution is -2.49. The molecule has 2 N–H and O–H groups in total. The first-order valence-corrected chi connectivity index (χ1v) is 10.5. The molecule has 27 heavy (non-hydrogen) atoms. The average Bonchev–Trinajstić information content (AvgIpc) is 3.26. The summed E-state index contributed by atoms with van der Waals surface area (Å²) in [5.74, 6) is 3.39. The third kappa shape index (κ3) is 2.70. The van der Waals surface area contributed by atoms with Gasteiger partial charge in [-0.25, -0.2) is 0 Å². The molecule has 0 aliphatic heterocycles. The second-order valence-electron chi connectivity index (χ2n) is 9.27. The Balaban J connectivity index is 1.42. The first-order valence-electron chi connectivity index (χ1n) is 10.5. The summed E-state index contributed by atoms with van der Waals surface area (Å²) in [7, 11) is 0. The lowest BCUT2D eigenvalue weighted by molar-refractivity contribution is -0.0710. The molecule has 0 spiro atoms. The van der Waals surface area contributed by atoms with Crippen molar-refractivity contribution in [2.75, 3.05) is 0 Å². The van der Waals surface area contributed by atoms with Crippen LogP contribution in [0.2, 0.25) is 0 Å². The van der Waals surface area contributed by atoms with Crippen LogP contribution < -0.4 is 0 Å². The fraction of sp³-hybridized carbons (Fsp3) is 0.480. The number of phenolic OH excluding ortho intramolecular Hbond substituents is 1. The van der Waals surface area contributed by atoms with E-state index in [1.807, 2.05) is 25.0 Å². The van der Waals surface area contributed by atoms with E-state index in [4.69, 9.17) is 0 Å². The third-order valence-corrected chi connectivity index (χ3v) is 8.17. The van der Waals surface area contributed by atoms with E-state index in [0.29, 0.717) is 23.5 Å². The van der Waals surface area contributed by atoms with Gasteiger partial charge in [0.2, 0.25) is 0 Å². The molecule has 5 radical (unpaired) electrons. The van der Waals surface area contributed by atoms with E-state index in [1.54, 1.807) is 0 Å². The highest BCUT2D eigenvalue weighted by Crippen LogP contribution is 2.64. The summed E-state index contributed by atoms with van der Waals surface area (Å²) >= 11 is 0. The van der Waals surface area contributed by atoms with E-state index in [2.05, 4.69) is 38.0 Å².